The molecule has 110 valence electrons. The Morgan fingerprint density at radius 3 is 1.73 bits per heavy atom. The highest BCUT2D eigenvalue weighted by atomic mass is 35.5. The summed E-state index contributed by atoms with van der Waals surface area (Å²) in [6, 6.07) is 24.2. The third kappa shape index (κ3) is 3.80. The second kappa shape index (κ2) is 7.14. The fraction of sp³-hybridized carbons (Fsp3) is 0. The summed E-state index contributed by atoms with van der Waals surface area (Å²) in [5.41, 5.74) is 6.95. The van der Waals surface area contributed by atoms with E-state index in [2.05, 4.69) is 24.3 Å². The first-order valence-corrected chi connectivity index (χ1v) is 8.78. The Morgan fingerprint density at radius 2 is 1.18 bits per heavy atom. The van der Waals surface area contributed by atoms with E-state index in [0.29, 0.717) is 0 Å². The van der Waals surface area contributed by atoms with E-state index >= 15 is 0 Å². The van der Waals surface area contributed by atoms with Crippen LogP contribution in [0.3, 0.4) is 0 Å². The lowest BCUT2D eigenvalue weighted by Crippen LogP contribution is -1.90. The standard InChI is InChI=1S/C18H14ClNS2/c19-15-11-18(22-14-9-5-2-6-10-14)16(20)12-17(15)21-13-7-3-1-4-8-13/h1-12H,20H2. The zero-order valence-corrected chi connectivity index (χ0v) is 14.1. The van der Waals surface area contributed by atoms with Gasteiger partial charge in [0.2, 0.25) is 0 Å². The van der Waals surface area contributed by atoms with Crippen molar-refractivity contribution in [1.29, 1.82) is 0 Å². The van der Waals surface area contributed by atoms with Crippen molar-refractivity contribution in [3.8, 4) is 0 Å². The number of halogens is 1. The van der Waals surface area contributed by atoms with Crippen molar-refractivity contribution in [2.75, 3.05) is 5.73 Å². The summed E-state index contributed by atoms with van der Waals surface area (Å²) < 4.78 is 0. The molecule has 0 saturated carbocycles. The van der Waals surface area contributed by atoms with Gasteiger partial charge in [0.15, 0.2) is 0 Å². The van der Waals surface area contributed by atoms with Gasteiger partial charge in [0.25, 0.3) is 0 Å². The summed E-state index contributed by atoms with van der Waals surface area (Å²) in [6.45, 7) is 0. The first-order valence-electron chi connectivity index (χ1n) is 6.77. The van der Waals surface area contributed by atoms with Crippen molar-refractivity contribution in [2.45, 2.75) is 19.6 Å². The molecule has 3 rings (SSSR count). The molecule has 0 aliphatic heterocycles. The summed E-state index contributed by atoms with van der Waals surface area (Å²) >= 11 is 9.67. The van der Waals surface area contributed by atoms with Gasteiger partial charge in [-0.3, -0.25) is 0 Å². The SMILES string of the molecule is Nc1cc(Sc2ccccc2)c(Cl)cc1Sc1ccccc1. The van der Waals surface area contributed by atoms with Crippen LogP contribution in [0.5, 0.6) is 0 Å². The Kier molecular flexibility index (Phi) is 4.98. The van der Waals surface area contributed by atoms with Crippen LogP contribution in [-0.4, -0.2) is 0 Å². The van der Waals surface area contributed by atoms with Crippen molar-refractivity contribution in [1.82, 2.24) is 0 Å². The lowest BCUT2D eigenvalue weighted by Gasteiger charge is -2.10. The lowest BCUT2D eigenvalue weighted by molar-refractivity contribution is 1.33. The van der Waals surface area contributed by atoms with Crippen LogP contribution in [0.25, 0.3) is 0 Å². The van der Waals surface area contributed by atoms with Crippen molar-refractivity contribution in [3.05, 3.63) is 77.8 Å². The zero-order chi connectivity index (χ0) is 15.4. The van der Waals surface area contributed by atoms with Crippen molar-refractivity contribution >= 4 is 40.8 Å². The molecule has 0 unspecified atom stereocenters. The smallest absolute Gasteiger partial charge is 0.0558 e. The number of rotatable bonds is 4. The monoisotopic (exact) mass is 343 g/mol. The molecule has 0 aliphatic carbocycles. The number of nitrogen functional groups attached to an aromatic ring is 1. The van der Waals surface area contributed by atoms with Gasteiger partial charge in [-0.15, -0.1) is 0 Å². The number of hydrogen-bond acceptors (Lipinski definition) is 3. The summed E-state index contributed by atoms with van der Waals surface area (Å²) in [7, 11) is 0. The Morgan fingerprint density at radius 1 is 0.682 bits per heavy atom. The van der Waals surface area contributed by atoms with Gasteiger partial charge in [-0.25, -0.2) is 0 Å². The second-order valence-electron chi connectivity index (χ2n) is 4.65. The van der Waals surface area contributed by atoms with Crippen LogP contribution in [0.15, 0.2) is 92.4 Å². The normalized spacial score (nSPS) is 10.6. The molecule has 0 spiro atoms. The van der Waals surface area contributed by atoms with Crippen molar-refractivity contribution in [2.24, 2.45) is 0 Å². The fourth-order valence-corrected chi connectivity index (χ4v) is 4.08. The van der Waals surface area contributed by atoms with E-state index in [-0.39, 0.29) is 0 Å². The molecular formula is C18H14ClNS2. The zero-order valence-electron chi connectivity index (χ0n) is 11.7. The first-order chi connectivity index (χ1) is 10.7. The van der Waals surface area contributed by atoms with E-state index in [1.54, 1.807) is 23.5 Å². The van der Waals surface area contributed by atoms with E-state index in [4.69, 9.17) is 17.3 Å². The molecule has 0 radical (unpaired) electrons. The topological polar surface area (TPSA) is 26.0 Å². The van der Waals surface area contributed by atoms with E-state index in [9.17, 15) is 0 Å². The molecule has 2 N–H and O–H groups in total. The minimum Gasteiger partial charge on any atom is -0.398 e. The highest BCUT2D eigenvalue weighted by Crippen LogP contribution is 2.40. The summed E-state index contributed by atoms with van der Waals surface area (Å²) in [5.74, 6) is 0. The third-order valence-corrected chi connectivity index (χ3v) is 5.58. The first kappa shape index (κ1) is 15.3. The van der Waals surface area contributed by atoms with E-state index < -0.39 is 0 Å². The molecular weight excluding hydrogens is 330 g/mol. The van der Waals surface area contributed by atoms with E-state index in [1.807, 2.05) is 48.5 Å². The van der Waals surface area contributed by atoms with Gasteiger partial charge in [0.1, 0.15) is 0 Å². The molecule has 0 aromatic heterocycles. The predicted molar refractivity (Wildman–Crippen MR) is 97.0 cm³/mol. The van der Waals surface area contributed by atoms with Gasteiger partial charge in [-0.2, -0.15) is 0 Å². The molecule has 0 saturated heterocycles. The van der Waals surface area contributed by atoms with Gasteiger partial charge < -0.3 is 5.73 Å². The Balaban J connectivity index is 1.85. The predicted octanol–water partition coefficient (Wildman–Crippen LogP) is 6.22. The van der Waals surface area contributed by atoms with Crippen LogP contribution >= 0.6 is 35.1 Å². The highest BCUT2D eigenvalue weighted by Gasteiger charge is 2.09. The highest BCUT2D eigenvalue weighted by molar-refractivity contribution is 8.00. The largest absolute Gasteiger partial charge is 0.398 e. The summed E-state index contributed by atoms with van der Waals surface area (Å²) in [6.07, 6.45) is 0. The molecule has 3 aromatic carbocycles. The second-order valence-corrected chi connectivity index (χ2v) is 7.29. The minimum atomic E-state index is 0.724. The Bertz CT molecular complexity index is 694. The maximum atomic E-state index is 6.43. The molecule has 4 heteroatoms. The van der Waals surface area contributed by atoms with Gasteiger partial charge in [-0.05, 0) is 36.4 Å². The number of hydrogen-bond donors (Lipinski definition) is 1. The molecule has 0 atom stereocenters. The lowest BCUT2D eigenvalue weighted by atomic mass is 10.3. The molecule has 0 aliphatic rings. The Labute approximate surface area is 143 Å². The Hall–Kier alpha value is -1.55. The number of nitrogens with two attached hydrogens (primary N) is 1. The van der Waals surface area contributed by atoms with Crippen LogP contribution in [0.2, 0.25) is 5.02 Å². The number of anilines is 1. The van der Waals surface area contributed by atoms with E-state index in [1.165, 1.54) is 0 Å². The van der Waals surface area contributed by atoms with Crippen molar-refractivity contribution in [3.63, 3.8) is 0 Å². The van der Waals surface area contributed by atoms with Gasteiger partial charge in [-0.1, -0.05) is 71.5 Å². The maximum Gasteiger partial charge on any atom is 0.0558 e. The molecule has 0 bridgehead atoms. The van der Waals surface area contributed by atoms with E-state index in [0.717, 1.165) is 30.3 Å². The minimum absolute atomic E-state index is 0.724. The average Bonchev–Trinajstić information content (AvgIpc) is 2.54. The third-order valence-electron chi connectivity index (χ3n) is 3.01. The average molecular weight is 344 g/mol. The van der Waals surface area contributed by atoms with Gasteiger partial charge >= 0.3 is 0 Å². The molecule has 0 heterocycles. The number of benzene rings is 3. The van der Waals surface area contributed by atoms with Gasteiger partial charge in [0, 0.05) is 25.3 Å². The maximum absolute atomic E-state index is 6.43. The van der Waals surface area contributed by atoms with Crippen LogP contribution in [0.4, 0.5) is 5.69 Å². The quantitative estimate of drug-likeness (QED) is 0.569. The molecule has 3 aromatic rings. The summed E-state index contributed by atoms with van der Waals surface area (Å²) in [5, 5.41) is 0.724. The molecule has 0 amide bonds. The van der Waals surface area contributed by atoms with Crippen LogP contribution in [-0.2, 0) is 0 Å². The van der Waals surface area contributed by atoms with Crippen LogP contribution in [0.1, 0.15) is 0 Å². The molecule has 1 nitrogen and oxygen atoms in total. The summed E-state index contributed by atoms with van der Waals surface area (Å²) in [4.78, 5) is 4.25. The van der Waals surface area contributed by atoms with Crippen LogP contribution < -0.4 is 5.73 Å². The molecule has 0 fully saturated rings. The van der Waals surface area contributed by atoms with Gasteiger partial charge in [0.05, 0.1) is 5.02 Å². The van der Waals surface area contributed by atoms with Crippen molar-refractivity contribution < 1.29 is 0 Å². The van der Waals surface area contributed by atoms with Crippen LogP contribution in [0, 0.1) is 0 Å². The molecule has 22 heavy (non-hydrogen) atoms. The fourth-order valence-electron chi connectivity index (χ4n) is 1.95.